The molecule has 0 atom stereocenters. The van der Waals surface area contributed by atoms with Gasteiger partial charge < -0.3 is 9.84 Å². The molecular weight excluding hydrogens is 313 g/mol. The average Bonchev–Trinajstić information content (AvgIpc) is 3.08. The van der Waals surface area contributed by atoms with Gasteiger partial charge in [0.15, 0.2) is 0 Å². The van der Waals surface area contributed by atoms with Gasteiger partial charge in [-0.1, -0.05) is 5.16 Å². The molecule has 9 heteroatoms. The van der Waals surface area contributed by atoms with E-state index in [0.29, 0.717) is 12.0 Å². The Morgan fingerprint density at radius 3 is 2.96 bits per heavy atom. The van der Waals surface area contributed by atoms with E-state index in [1.807, 2.05) is 0 Å². The summed E-state index contributed by atoms with van der Waals surface area (Å²) in [5.41, 5.74) is 0.431. The second kappa shape index (κ2) is 5.99. The number of amides is 1. The van der Waals surface area contributed by atoms with Crippen LogP contribution >= 0.6 is 0 Å². The number of carbonyl (C=O) groups is 1. The molecule has 1 N–H and O–H groups in total. The van der Waals surface area contributed by atoms with Gasteiger partial charge >= 0.3 is 0 Å². The number of aromatic nitrogens is 2. The first-order valence-electron chi connectivity index (χ1n) is 6.90. The van der Waals surface area contributed by atoms with Gasteiger partial charge in [0, 0.05) is 18.5 Å². The van der Waals surface area contributed by atoms with Gasteiger partial charge in [-0.25, -0.2) is 13.2 Å². The first kappa shape index (κ1) is 15.5. The van der Waals surface area contributed by atoms with Crippen LogP contribution in [0.4, 0.5) is 18.9 Å². The van der Waals surface area contributed by atoms with Gasteiger partial charge in [-0.15, -0.1) is 0 Å². The summed E-state index contributed by atoms with van der Waals surface area (Å²) >= 11 is 0. The Morgan fingerprint density at radius 1 is 1.43 bits per heavy atom. The highest BCUT2D eigenvalue weighted by Gasteiger charge is 2.38. The number of nitrogens with zero attached hydrogens (tertiary/aromatic N) is 3. The molecule has 1 aromatic heterocycles. The van der Waals surface area contributed by atoms with E-state index in [4.69, 9.17) is 4.52 Å². The number of hydrogen-bond donors (Lipinski definition) is 1. The molecule has 0 saturated carbocycles. The normalized spacial score (nSPS) is 17.3. The topological polar surface area (TPSA) is 71.3 Å². The number of rotatable bonds is 5. The third kappa shape index (κ3) is 3.50. The summed E-state index contributed by atoms with van der Waals surface area (Å²) in [6, 6.07) is 3.96. The van der Waals surface area contributed by atoms with E-state index in [9.17, 15) is 18.0 Å². The van der Waals surface area contributed by atoms with E-state index in [1.165, 1.54) is 17.0 Å². The number of anilines is 1. The molecule has 0 unspecified atom stereocenters. The van der Waals surface area contributed by atoms with Crippen LogP contribution in [-0.2, 0) is 11.3 Å². The van der Waals surface area contributed by atoms with E-state index >= 15 is 0 Å². The van der Waals surface area contributed by atoms with E-state index in [-0.39, 0.29) is 43.5 Å². The molecule has 1 aliphatic heterocycles. The Bertz CT molecular complexity index is 720. The molecule has 1 fully saturated rings. The number of likely N-dealkylation sites (tertiary alicyclic amines) is 1. The zero-order valence-electron chi connectivity index (χ0n) is 11.9. The van der Waals surface area contributed by atoms with E-state index in [2.05, 4.69) is 15.5 Å². The molecular formula is C14H13F3N4O2. The van der Waals surface area contributed by atoms with Crippen LogP contribution in [0, 0.1) is 5.82 Å². The lowest BCUT2D eigenvalue weighted by Crippen LogP contribution is -2.24. The van der Waals surface area contributed by atoms with E-state index in [1.54, 1.807) is 0 Å². The van der Waals surface area contributed by atoms with Crippen LogP contribution < -0.4 is 5.32 Å². The van der Waals surface area contributed by atoms with Crippen LogP contribution in [0.5, 0.6) is 0 Å². The van der Waals surface area contributed by atoms with Crippen LogP contribution in [0.2, 0.25) is 0 Å². The lowest BCUT2D eigenvalue weighted by Gasteiger charge is -2.12. The molecule has 0 aliphatic carbocycles. The zero-order chi connectivity index (χ0) is 16.4. The highest BCUT2D eigenvalue weighted by Crippen LogP contribution is 2.28. The van der Waals surface area contributed by atoms with Crippen molar-refractivity contribution < 1.29 is 22.5 Å². The van der Waals surface area contributed by atoms with Crippen molar-refractivity contribution in [3.8, 4) is 11.4 Å². The first-order valence-corrected chi connectivity index (χ1v) is 6.90. The summed E-state index contributed by atoms with van der Waals surface area (Å²) < 4.78 is 44.8. The summed E-state index contributed by atoms with van der Waals surface area (Å²) in [5.74, 6) is -2.88. The Kier molecular flexibility index (Phi) is 4.03. The molecule has 1 amide bonds. The monoisotopic (exact) mass is 326 g/mol. The number of carbonyl (C=O) groups excluding carboxylic acids is 1. The molecule has 1 aromatic carbocycles. The molecule has 6 nitrogen and oxygen atoms in total. The average molecular weight is 326 g/mol. The second-order valence-electron chi connectivity index (χ2n) is 5.29. The lowest BCUT2D eigenvalue weighted by molar-refractivity contribution is -0.105. The van der Waals surface area contributed by atoms with E-state index in [0.717, 1.165) is 6.07 Å². The van der Waals surface area contributed by atoms with Crippen molar-refractivity contribution in [3.63, 3.8) is 0 Å². The highest BCUT2D eigenvalue weighted by atomic mass is 19.3. The SMILES string of the molecule is O=CNc1cc(-c2noc(CN3CCC(F)(F)C3)n2)ccc1F. The molecule has 0 radical (unpaired) electrons. The summed E-state index contributed by atoms with van der Waals surface area (Å²) in [6.07, 6.45) is 0.171. The van der Waals surface area contributed by atoms with Gasteiger partial charge in [-0.3, -0.25) is 9.69 Å². The smallest absolute Gasteiger partial charge is 0.261 e. The maximum Gasteiger partial charge on any atom is 0.261 e. The molecule has 1 saturated heterocycles. The predicted molar refractivity (Wildman–Crippen MR) is 74.2 cm³/mol. The Morgan fingerprint density at radius 2 is 2.26 bits per heavy atom. The maximum absolute atomic E-state index is 13.5. The van der Waals surface area contributed by atoms with Crippen LogP contribution in [-0.4, -0.2) is 40.5 Å². The highest BCUT2D eigenvalue weighted by molar-refractivity contribution is 5.74. The number of nitrogens with one attached hydrogen (secondary N) is 1. The Hall–Kier alpha value is -2.42. The van der Waals surface area contributed by atoms with Gasteiger partial charge in [-0.2, -0.15) is 4.98 Å². The fourth-order valence-electron chi connectivity index (χ4n) is 2.41. The number of halogens is 3. The van der Waals surface area contributed by atoms with Crippen LogP contribution in [0.3, 0.4) is 0 Å². The van der Waals surface area contributed by atoms with Crippen LogP contribution in [0.1, 0.15) is 12.3 Å². The largest absolute Gasteiger partial charge is 0.338 e. The minimum Gasteiger partial charge on any atom is -0.338 e. The quantitative estimate of drug-likeness (QED) is 0.854. The maximum atomic E-state index is 13.5. The van der Waals surface area contributed by atoms with Crippen molar-refractivity contribution in [1.29, 1.82) is 0 Å². The third-order valence-corrected chi connectivity index (χ3v) is 3.51. The number of benzene rings is 1. The molecule has 23 heavy (non-hydrogen) atoms. The van der Waals surface area contributed by atoms with Gasteiger partial charge in [0.2, 0.25) is 18.1 Å². The van der Waals surface area contributed by atoms with Crippen molar-refractivity contribution in [2.24, 2.45) is 0 Å². The van der Waals surface area contributed by atoms with Crippen LogP contribution in [0.25, 0.3) is 11.4 Å². The predicted octanol–water partition coefficient (Wildman–Crippen LogP) is 2.29. The summed E-state index contributed by atoms with van der Waals surface area (Å²) in [5, 5.41) is 5.98. The minimum atomic E-state index is -2.69. The molecule has 3 rings (SSSR count). The summed E-state index contributed by atoms with van der Waals surface area (Å²) in [6.45, 7) is 0.0482. The molecule has 0 bridgehead atoms. The summed E-state index contributed by atoms with van der Waals surface area (Å²) in [4.78, 5) is 16.1. The minimum absolute atomic E-state index is 0.0111. The third-order valence-electron chi connectivity index (χ3n) is 3.51. The Labute approximate surface area is 129 Å². The van der Waals surface area contributed by atoms with Crippen molar-refractivity contribution in [2.75, 3.05) is 18.4 Å². The first-order chi connectivity index (χ1) is 11.0. The number of hydrogen-bond acceptors (Lipinski definition) is 5. The van der Waals surface area contributed by atoms with Crippen molar-refractivity contribution >= 4 is 12.1 Å². The van der Waals surface area contributed by atoms with Gasteiger partial charge in [0.1, 0.15) is 5.82 Å². The van der Waals surface area contributed by atoms with Crippen molar-refractivity contribution in [3.05, 3.63) is 29.9 Å². The van der Waals surface area contributed by atoms with E-state index < -0.39 is 11.7 Å². The number of alkyl halides is 2. The molecule has 122 valence electrons. The second-order valence-corrected chi connectivity index (χ2v) is 5.29. The molecule has 2 aromatic rings. The summed E-state index contributed by atoms with van der Waals surface area (Å²) in [7, 11) is 0. The van der Waals surface area contributed by atoms with Gasteiger partial charge in [0.05, 0.1) is 18.8 Å². The van der Waals surface area contributed by atoms with Gasteiger partial charge in [0.25, 0.3) is 5.92 Å². The molecule has 2 heterocycles. The lowest BCUT2D eigenvalue weighted by atomic mass is 10.2. The molecule has 1 aliphatic rings. The Balaban J connectivity index is 1.74. The standard InChI is InChI=1S/C14H13F3N4O2/c15-10-2-1-9(5-11(10)18-8-22)13-19-12(23-20-13)6-21-4-3-14(16,17)7-21/h1-2,5,8H,3-4,6-7H2,(H,18,22). The molecule has 0 spiro atoms. The van der Waals surface area contributed by atoms with Crippen molar-refractivity contribution in [2.45, 2.75) is 18.9 Å². The fourth-order valence-corrected chi connectivity index (χ4v) is 2.41. The van der Waals surface area contributed by atoms with Gasteiger partial charge in [-0.05, 0) is 18.2 Å². The van der Waals surface area contributed by atoms with Crippen LogP contribution in [0.15, 0.2) is 22.7 Å². The zero-order valence-corrected chi connectivity index (χ0v) is 11.9. The van der Waals surface area contributed by atoms with Crippen molar-refractivity contribution in [1.82, 2.24) is 15.0 Å². The fraction of sp³-hybridized carbons (Fsp3) is 0.357.